The van der Waals surface area contributed by atoms with Crippen molar-refractivity contribution in [3.63, 3.8) is 0 Å². The SMILES string of the molecule is CC(C)(C)c1nnc(-c2nn(-c3ccc(Cl)cc3Cl)c(-c3ccc(Cl)cc3)c2C2CC2)o1. The zero-order valence-corrected chi connectivity index (χ0v) is 20.1. The normalized spacial score (nSPS) is 14.2. The summed E-state index contributed by atoms with van der Waals surface area (Å²) in [6.07, 6.45) is 2.15. The molecule has 0 radical (unpaired) electrons. The van der Waals surface area contributed by atoms with Gasteiger partial charge in [-0.3, -0.25) is 0 Å². The van der Waals surface area contributed by atoms with Gasteiger partial charge in [0.2, 0.25) is 5.89 Å². The van der Waals surface area contributed by atoms with Gasteiger partial charge in [-0.1, -0.05) is 67.7 Å². The monoisotopic (exact) mass is 486 g/mol. The molecule has 1 aliphatic rings. The summed E-state index contributed by atoms with van der Waals surface area (Å²) in [4.78, 5) is 0. The van der Waals surface area contributed by atoms with Gasteiger partial charge in [0.25, 0.3) is 5.89 Å². The summed E-state index contributed by atoms with van der Waals surface area (Å²) < 4.78 is 7.94. The summed E-state index contributed by atoms with van der Waals surface area (Å²) in [5.41, 5.74) is 4.17. The first kappa shape index (κ1) is 21.5. The summed E-state index contributed by atoms with van der Waals surface area (Å²) in [6.45, 7) is 6.12. The van der Waals surface area contributed by atoms with Crippen molar-refractivity contribution in [2.75, 3.05) is 0 Å². The molecule has 4 aromatic rings. The number of halogens is 3. The molecular weight excluding hydrogens is 467 g/mol. The summed E-state index contributed by atoms with van der Waals surface area (Å²) in [5.74, 6) is 1.35. The summed E-state index contributed by atoms with van der Waals surface area (Å²) in [5, 5.41) is 15.3. The molecule has 0 bridgehead atoms. The van der Waals surface area contributed by atoms with Crippen molar-refractivity contribution in [2.45, 2.75) is 44.9 Å². The molecule has 2 aromatic heterocycles. The Hall–Kier alpha value is -2.34. The van der Waals surface area contributed by atoms with Gasteiger partial charge < -0.3 is 4.42 Å². The Labute approximate surface area is 201 Å². The molecule has 5 rings (SSSR count). The van der Waals surface area contributed by atoms with Crippen LogP contribution in [0.2, 0.25) is 15.1 Å². The topological polar surface area (TPSA) is 56.7 Å². The molecular formula is C24H21Cl3N4O. The largest absolute Gasteiger partial charge is 0.419 e. The van der Waals surface area contributed by atoms with E-state index in [0.29, 0.717) is 38.5 Å². The molecule has 1 aliphatic carbocycles. The maximum Gasteiger partial charge on any atom is 0.268 e. The molecule has 0 saturated heterocycles. The second kappa shape index (κ2) is 7.91. The van der Waals surface area contributed by atoms with Crippen LogP contribution in [0.4, 0.5) is 0 Å². The average Bonchev–Trinajstić information content (AvgIpc) is 3.30. The first-order chi connectivity index (χ1) is 15.2. The summed E-state index contributed by atoms with van der Waals surface area (Å²) in [6, 6.07) is 13.1. The minimum atomic E-state index is -0.258. The lowest BCUT2D eigenvalue weighted by atomic mass is 9.97. The summed E-state index contributed by atoms with van der Waals surface area (Å²) in [7, 11) is 0. The smallest absolute Gasteiger partial charge is 0.268 e. The molecule has 0 atom stereocenters. The predicted molar refractivity (Wildman–Crippen MR) is 128 cm³/mol. The van der Waals surface area contributed by atoms with E-state index in [4.69, 9.17) is 44.3 Å². The van der Waals surface area contributed by atoms with Gasteiger partial charge in [-0.05, 0) is 49.1 Å². The second-order valence-electron chi connectivity index (χ2n) is 9.06. The first-order valence-corrected chi connectivity index (χ1v) is 11.5. The van der Waals surface area contributed by atoms with Crippen LogP contribution in [0.15, 0.2) is 46.9 Å². The van der Waals surface area contributed by atoms with Crippen LogP contribution in [0, 0.1) is 0 Å². The number of benzene rings is 2. The standard InChI is InChI=1S/C24H21Cl3N4O/c1-24(2,3)23-29-28-22(32-23)20-19(13-4-5-13)21(14-6-8-15(25)9-7-14)31(30-20)18-11-10-16(26)12-17(18)27/h6-13H,4-5H2,1-3H3. The van der Waals surface area contributed by atoms with E-state index in [1.165, 1.54) is 0 Å². The van der Waals surface area contributed by atoms with Crippen molar-refractivity contribution < 1.29 is 4.42 Å². The average molecular weight is 488 g/mol. The van der Waals surface area contributed by atoms with Crippen molar-refractivity contribution in [3.05, 3.63) is 69.0 Å². The molecule has 5 nitrogen and oxygen atoms in total. The van der Waals surface area contributed by atoms with Crippen molar-refractivity contribution in [1.82, 2.24) is 20.0 Å². The first-order valence-electron chi connectivity index (χ1n) is 10.4. The van der Waals surface area contributed by atoms with Crippen LogP contribution in [-0.4, -0.2) is 20.0 Å². The van der Waals surface area contributed by atoms with Gasteiger partial charge in [-0.25, -0.2) is 4.68 Å². The quantitative estimate of drug-likeness (QED) is 0.295. The molecule has 0 spiro atoms. The number of hydrogen-bond donors (Lipinski definition) is 0. The van der Waals surface area contributed by atoms with Gasteiger partial charge in [0.15, 0.2) is 5.69 Å². The molecule has 8 heteroatoms. The lowest BCUT2D eigenvalue weighted by molar-refractivity contribution is 0.398. The summed E-state index contributed by atoms with van der Waals surface area (Å²) >= 11 is 18.9. The number of rotatable bonds is 4. The Bertz CT molecular complexity index is 1300. The Morgan fingerprint density at radius 2 is 1.62 bits per heavy atom. The van der Waals surface area contributed by atoms with Gasteiger partial charge in [0.1, 0.15) is 0 Å². The van der Waals surface area contributed by atoms with E-state index in [1.54, 1.807) is 12.1 Å². The number of nitrogens with zero attached hydrogens (tertiary/aromatic N) is 4. The van der Waals surface area contributed by atoms with Crippen molar-refractivity contribution in [1.29, 1.82) is 0 Å². The zero-order valence-electron chi connectivity index (χ0n) is 17.9. The second-order valence-corrected chi connectivity index (χ2v) is 10.3. The highest BCUT2D eigenvalue weighted by Gasteiger charge is 2.36. The van der Waals surface area contributed by atoms with Crippen LogP contribution in [0.5, 0.6) is 0 Å². The molecule has 0 unspecified atom stereocenters. The van der Waals surface area contributed by atoms with E-state index < -0.39 is 0 Å². The maximum atomic E-state index is 6.60. The van der Waals surface area contributed by atoms with E-state index in [2.05, 4.69) is 10.2 Å². The molecule has 2 aromatic carbocycles. The van der Waals surface area contributed by atoms with Crippen molar-refractivity contribution in [3.8, 4) is 28.5 Å². The van der Waals surface area contributed by atoms with Gasteiger partial charge in [0, 0.05) is 26.6 Å². The third-order valence-electron chi connectivity index (χ3n) is 5.43. The molecule has 0 amide bonds. The Morgan fingerprint density at radius 1 is 0.938 bits per heavy atom. The predicted octanol–water partition coefficient (Wildman–Crippen LogP) is 7.72. The Morgan fingerprint density at radius 3 is 2.22 bits per heavy atom. The lowest BCUT2D eigenvalue weighted by Gasteiger charge is -2.12. The van der Waals surface area contributed by atoms with E-state index in [1.807, 2.05) is 55.8 Å². The van der Waals surface area contributed by atoms with Gasteiger partial charge in [0.05, 0.1) is 16.4 Å². The van der Waals surface area contributed by atoms with Crippen LogP contribution in [0.1, 0.15) is 51.0 Å². The molecule has 0 aliphatic heterocycles. The highest BCUT2D eigenvalue weighted by molar-refractivity contribution is 6.35. The van der Waals surface area contributed by atoms with E-state index in [0.717, 1.165) is 35.3 Å². The van der Waals surface area contributed by atoms with Gasteiger partial charge in [-0.2, -0.15) is 5.10 Å². The maximum absolute atomic E-state index is 6.60. The van der Waals surface area contributed by atoms with Crippen LogP contribution >= 0.6 is 34.8 Å². The molecule has 0 N–H and O–H groups in total. The molecule has 32 heavy (non-hydrogen) atoms. The molecule has 2 heterocycles. The fourth-order valence-electron chi connectivity index (χ4n) is 3.68. The fraction of sp³-hybridized carbons (Fsp3) is 0.292. The third-order valence-corrected chi connectivity index (χ3v) is 6.22. The van der Waals surface area contributed by atoms with Crippen LogP contribution in [0.25, 0.3) is 28.5 Å². The van der Waals surface area contributed by atoms with E-state index in [-0.39, 0.29) is 5.41 Å². The minimum Gasteiger partial charge on any atom is -0.419 e. The van der Waals surface area contributed by atoms with Crippen LogP contribution in [-0.2, 0) is 5.41 Å². The molecule has 1 saturated carbocycles. The highest BCUT2D eigenvalue weighted by atomic mass is 35.5. The van der Waals surface area contributed by atoms with Gasteiger partial charge in [-0.15, -0.1) is 10.2 Å². The number of hydrogen-bond acceptors (Lipinski definition) is 4. The minimum absolute atomic E-state index is 0.258. The van der Waals surface area contributed by atoms with Crippen molar-refractivity contribution >= 4 is 34.8 Å². The molecule has 1 fully saturated rings. The number of aromatic nitrogens is 4. The van der Waals surface area contributed by atoms with Crippen LogP contribution in [0.3, 0.4) is 0 Å². The zero-order chi connectivity index (χ0) is 22.6. The molecule has 164 valence electrons. The van der Waals surface area contributed by atoms with Gasteiger partial charge >= 0.3 is 0 Å². The highest BCUT2D eigenvalue weighted by Crippen LogP contribution is 2.49. The third kappa shape index (κ3) is 3.94. The van der Waals surface area contributed by atoms with E-state index >= 15 is 0 Å². The van der Waals surface area contributed by atoms with Crippen LogP contribution < -0.4 is 0 Å². The Balaban J connectivity index is 1.78. The lowest BCUT2D eigenvalue weighted by Crippen LogP contribution is -2.11. The van der Waals surface area contributed by atoms with Crippen molar-refractivity contribution in [2.24, 2.45) is 0 Å². The Kier molecular flexibility index (Phi) is 5.31. The van der Waals surface area contributed by atoms with E-state index in [9.17, 15) is 0 Å². The fourth-order valence-corrected chi connectivity index (χ4v) is 4.30.